The van der Waals surface area contributed by atoms with Crippen molar-refractivity contribution < 1.29 is 18.7 Å². The standard InChI is InChI=1S/C28H35FN8O3/c1-28(2)16-34(3)26-12-23(35-13-18(30)14-35)31-24-11-20(33-37(24)26)21-6-4-5-9-36(21)27(39)19-10-17(29)7-8-22(19)40-15-25(38)32-28/h7-8,10-12,18,21H,4-6,9,13-16,30H2,1-3H3,(H,32,38)/t21-/m0/s1. The Kier molecular flexibility index (Phi) is 6.52. The van der Waals surface area contributed by atoms with Gasteiger partial charge in [0.05, 0.1) is 22.8 Å². The van der Waals surface area contributed by atoms with E-state index in [0.717, 1.165) is 49.7 Å². The second kappa shape index (κ2) is 9.92. The smallest absolute Gasteiger partial charge is 0.258 e. The van der Waals surface area contributed by atoms with Crippen molar-refractivity contribution in [2.24, 2.45) is 5.73 Å². The van der Waals surface area contributed by atoms with Gasteiger partial charge in [-0.05, 0) is 51.3 Å². The Labute approximate surface area is 232 Å². The van der Waals surface area contributed by atoms with Gasteiger partial charge in [-0.15, -0.1) is 0 Å². The van der Waals surface area contributed by atoms with Crippen LogP contribution in [0, 0.1) is 5.82 Å². The minimum absolute atomic E-state index is 0.0878. The number of benzene rings is 1. The molecule has 11 nitrogen and oxygen atoms in total. The maximum atomic E-state index is 14.4. The van der Waals surface area contributed by atoms with Crippen LogP contribution < -0.4 is 25.6 Å². The van der Waals surface area contributed by atoms with Gasteiger partial charge in [0.2, 0.25) is 0 Å². The van der Waals surface area contributed by atoms with Gasteiger partial charge >= 0.3 is 0 Å². The molecule has 0 spiro atoms. The van der Waals surface area contributed by atoms with E-state index in [1.807, 2.05) is 37.9 Å². The molecule has 1 atom stereocenters. The highest BCUT2D eigenvalue weighted by molar-refractivity contribution is 5.97. The molecule has 3 aliphatic rings. The van der Waals surface area contributed by atoms with Gasteiger partial charge in [0, 0.05) is 51.4 Å². The maximum Gasteiger partial charge on any atom is 0.258 e. The quantitative estimate of drug-likeness (QED) is 0.473. The summed E-state index contributed by atoms with van der Waals surface area (Å²) in [5.41, 5.74) is 6.89. The molecule has 0 radical (unpaired) electrons. The molecule has 3 aliphatic heterocycles. The van der Waals surface area contributed by atoms with E-state index in [1.165, 1.54) is 18.2 Å². The molecule has 40 heavy (non-hydrogen) atoms. The highest BCUT2D eigenvalue weighted by Gasteiger charge is 2.34. The molecule has 1 aromatic carbocycles. The molecule has 2 aromatic heterocycles. The van der Waals surface area contributed by atoms with E-state index in [9.17, 15) is 14.0 Å². The second-order valence-corrected chi connectivity index (χ2v) is 11.7. The zero-order chi connectivity index (χ0) is 28.2. The Morgan fingerprint density at radius 1 is 1.15 bits per heavy atom. The molecule has 0 saturated carbocycles. The van der Waals surface area contributed by atoms with E-state index >= 15 is 0 Å². The molecule has 5 heterocycles. The average Bonchev–Trinajstić information content (AvgIpc) is 3.32. The van der Waals surface area contributed by atoms with Gasteiger partial charge in [0.1, 0.15) is 23.2 Å². The van der Waals surface area contributed by atoms with Crippen molar-refractivity contribution in [1.82, 2.24) is 24.8 Å². The Hall–Kier alpha value is -3.93. The predicted octanol–water partition coefficient (Wildman–Crippen LogP) is 2.11. The summed E-state index contributed by atoms with van der Waals surface area (Å²) in [6.45, 7) is 5.97. The second-order valence-electron chi connectivity index (χ2n) is 11.7. The Bertz CT molecular complexity index is 1470. The van der Waals surface area contributed by atoms with Crippen LogP contribution in [-0.4, -0.2) is 82.7 Å². The first-order valence-corrected chi connectivity index (χ1v) is 13.7. The number of nitrogens with zero attached hydrogens (tertiary/aromatic N) is 6. The van der Waals surface area contributed by atoms with Gasteiger partial charge in [-0.2, -0.15) is 9.61 Å². The lowest BCUT2D eigenvalue weighted by atomic mass is 9.98. The van der Waals surface area contributed by atoms with Gasteiger partial charge in [-0.1, -0.05) is 0 Å². The molecular weight excluding hydrogens is 515 g/mol. The Morgan fingerprint density at radius 3 is 2.73 bits per heavy atom. The number of nitrogens with one attached hydrogen (secondary N) is 1. The number of halogens is 1. The van der Waals surface area contributed by atoms with Crippen molar-refractivity contribution in [2.75, 3.05) is 49.6 Å². The molecule has 212 valence electrons. The lowest BCUT2D eigenvalue weighted by molar-refractivity contribution is -0.124. The number of rotatable bonds is 1. The molecule has 3 aromatic rings. The van der Waals surface area contributed by atoms with Crippen LogP contribution >= 0.6 is 0 Å². The van der Waals surface area contributed by atoms with E-state index < -0.39 is 11.4 Å². The number of anilines is 2. The molecule has 2 fully saturated rings. The van der Waals surface area contributed by atoms with E-state index in [0.29, 0.717) is 18.7 Å². The zero-order valence-corrected chi connectivity index (χ0v) is 23.1. The van der Waals surface area contributed by atoms with Gasteiger partial charge in [0.25, 0.3) is 11.8 Å². The number of nitrogens with two attached hydrogens (primary N) is 1. The fourth-order valence-electron chi connectivity index (χ4n) is 5.96. The molecule has 0 unspecified atom stereocenters. The summed E-state index contributed by atoms with van der Waals surface area (Å²) < 4.78 is 22.0. The summed E-state index contributed by atoms with van der Waals surface area (Å²) in [4.78, 5) is 37.6. The number of amides is 2. The summed E-state index contributed by atoms with van der Waals surface area (Å²) >= 11 is 0. The number of carbonyl (C=O) groups excluding carboxylic acids is 2. The van der Waals surface area contributed by atoms with E-state index in [4.69, 9.17) is 20.6 Å². The number of aromatic nitrogens is 3. The van der Waals surface area contributed by atoms with E-state index in [1.54, 1.807) is 9.42 Å². The van der Waals surface area contributed by atoms with Crippen molar-refractivity contribution in [3.63, 3.8) is 0 Å². The first-order chi connectivity index (χ1) is 19.1. The summed E-state index contributed by atoms with van der Waals surface area (Å²) in [7, 11) is 1.95. The number of hydrogen-bond acceptors (Lipinski definition) is 8. The minimum Gasteiger partial charge on any atom is -0.483 e. The zero-order valence-electron chi connectivity index (χ0n) is 23.1. The molecule has 3 N–H and O–H groups in total. The van der Waals surface area contributed by atoms with Crippen LogP contribution in [0.3, 0.4) is 0 Å². The van der Waals surface area contributed by atoms with E-state index in [-0.39, 0.29) is 41.8 Å². The van der Waals surface area contributed by atoms with Gasteiger partial charge in [-0.25, -0.2) is 9.37 Å². The van der Waals surface area contributed by atoms with Crippen LogP contribution in [0.1, 0.15) is 55.2 Å². The fraction of sp³-hybridized carbons (Fsp3) is 0.500. The van der Waals surface area contributed by atoms with Gasteiger partial charge in [-0.3, -0.25) is 9.59 Å². The molecule has 2 amide bonds. The lowest BCUT2D eigenvalue weighted by Gasteiger charge is -2.38. The van der Waals surface area contributed by atoms with Crippen LogP contribution in [0.25, 0.3) is 5.65 Å². The lowest BCUT2D eigenvalue weighted by Crippen LogP contribution is -2.56. The molecule has 0 aliphatic carbocycles. The van der Waals surface area contributed by atoms with Crippen LogP contribution in [0.2, 0.25) is 0 Å². The fourth-order valence-corrected chi connectivity index (χ4v) is 5.96. The monoisotopic (exact) mass is 550 g/mol. The number of likely N-dealkylation sites (N-methyl/N-ethyl adjacent to an activating group) is 1. The first kappa shape index (κ1) is 26.3. The Balaban J connectivity index is 1.49. The van der Waals surface area contributed by atoms with Gasteiger partial charge < -0.3 is 30.5 Å². The molecule has 2 bridgehead atoms. The minimum atomic E-state index is -0.640. The van der Waals surface area contributed by atoms with Crippen molar-refractivity contribution in [2.45, 2.75) is 50.7 Å². The van der Waals surface area contributed by atoms with Crippen molar-refractivity contribution >= 4 is 29.1 Å². The first-order valence-electron chi connectivity index (χ1n) is 13.7. The number of piperidine rings is 1. The number of fused-ring (bicyclic) bond motifs is 4. The van der Waals surface area contributed by atoms with Crippen LogP contribution in [-0.2, 0) is 4.79 Å². The maximum absolute atomic E-state index is 14.4. The normalized spacial score (nSPS) is 22.0. The highest BCUT2D eigenvalue weighted by Crippen LogP contribution is 2.35. The summed E-state index contributed by atoms with van der Waals surface area (Å²) in [5.74, 6) is 0.525. The summed E-state index contributed by atoms with van der Waals surface area (Å²) in [6, 6.07) is 7.53. The van der Waals surface area contributed by atoms with Crippen LogP contribution in [0.4, 0.5) is 16.0 Å². The number of ether oxygens (including phenoxy) is 1. The van der Waals surface area contributed by atoms with Crippen molar-refractivity contribution in [3.8, 4) is 5.75 Å². The van der Waals surface area contributed by atoms with Crippen molar-refractivity contribution in [3.05, 3.63) is 47.4 Å². The third-order valence-corrected chi connectivity index (χ3v) is 7.78. The molecular formula is C28H35FN8O3. The third kappa shape index (κ3) is 4.91. The third-order valence-electron chi connectivity index (χ3n) is 7.78. The SMILES string of the molecule is CN1CC(C)(C)NC(=O)COc2ccc(F)cc2C(=O)N2CCCC[C@H]2c2cc3nc(N4CC(N)C4)cc1n3n2. The van der Waals surface area contributed by atoms with Crippen LogP contribution in [0.5, 0.6) is 5.75 Å². The predicted molar refractivity (Wildman–Crippen MR) is 148 cm³/mol. The topological polar surface area (TPSA) is 121 Å². The van der Waals surface area contributed by atoms with Gasteiger partial charge in [0.15, 0.2) is 12.3 Å². The van der Waals surface area contributed by atoms with E-state index in [2.05, 4.69) is 10.2 Å². The average molecular weight is 551 g/mol. The molecule has 12 heteroatoms. The Morgan fingerprint density at radius 2 is 1.95 bits per heavy atom. The number of carbonyl (C=O) groups is 2. The molecule has 6 rings (SSSR count). The van der Waals surface area contributed by atoms with Crippen LogP contribution in [0.15, 0.2) is 30.3 Å². The molecule has 2 saturated heterocycles. The largest absolute Gasteiger partial charge is 0.483 e. The number of hydrogen-bond donors (Lipinski definition) is 2. The highest BCUT2D eigenvalue weighted by atomic mass is 19.1. The summed E-state index contributed by atoms with van der Waals surface area (Å²) in [6.07, 6.45) is 2.47. The summed E-state index contributed by atoms with van der Waals surface area (Å²) in [5, 5.41) is 7.99. The van der Waals surface area contributed by atoms with Crippen molar-refractivity contribution in [1.29, 1.82) is 0 Å².